The molecule has 2 aromatic carbocycles. The van der Waals surface area contributed by atoms with E-state index in [0.29, 0.717) is 5.56 Å². The summed E-state index contributed by atoms with van der Waals surface area (Å²) in [5.41, 5.74) is 3.94. The van der Waals surface area contributed by atoms with Gasteiger partial charge in [0, 0.05) is 17.2 Å². The van der Waals surface area contributed by atoms with Crippen LogP contribution in [0.4, 0.5) is 5.69 Å². The average molecular weight is 332 g/mol. The highest BCUT2D eigenvalue weighted by molar-refractivity contribution is 9.10. The Morgan fingerprint density at radius 3 is 2.40 bits per heavy atom. The number of halogens is 1. The van der Waals surface area contributed by atoms with Gasteiger partial charge in [0.15, 0.2) is 0 Å². The van der Waals surface area contributed by atoms with Crippen LogP contribution in [0.1, 0.15) is 28.4 Å². The van der Waals surface area contributed by atoms with Gasteiger partial charge in [0.2, 0.25) is 0 Å². The molecule has 0 spiro atoms. The van der Waals surface area contributed by atoms with E-state index in [1.165, 1.54) is 5.56 Å². The van der Waals surface area contributed by atoms with E-state index in [2.05, 4.69) is 35.0 Å². The number of carbonyl (C=O) groups is 1. The fraction of sp³-hybridized carbons (Fsp3) is 0.235. The zero-order valence-corrected chi connectivity index (χ0v) is 13.6. The second kappa shape index (κ2) is 6.23. The third-order valence-corrected chi connectivity index (χ3v) is 4.08. The molecule has 0 radical (unpaired) electrons. The molecule has 0 bridgehead atoms. The molecule has 0 N–H and O–H groups in total. The third-order valence-electron chi connectivity index (χ3n) is 3.39. The minimum atomic E-state index is -0.00942. The molecule has 2 nitrogen and oxygen atoms in total. The van der Waals surface area contributed by atoms with Gasteiger partial charge in [-0.2, -0.15) is 0 Å². The fourth-order valence-corrected chi connectivity index (χ4v) is 2.47. The van der Waals surface area contributed by atoms with Crippen LogP contribution in [-0.4, -0.2) is 13.0 Å². The predicted molar refractivity (Wildman–Crippen MR) is 87.4 cm³/mol. The van der Waals surface area contributed by atoms with E-state index in [1.54, 1.807) is 11.9 Å². The number of aryl methyl sites for hydroxylation is 2. The van der Waals surface area contributed by atoms with Gasteiger partial charge in [-0.25, -0.2) is 0 Å². The van der Waals surface area contributed by atoms with Gasteiger partial charge >= 0.3 is 0 Å². The zero-order valence-electron chi connectivity index (χ0n) is 12.0. The Labute approximate surface area is 128 Å². The zero-order chi connectivity index (χ0) is 14.7. The molecular weight excluding hydrogens is 314 g/mol. The Balaban J connectivity index is 2.29. The van der Waals surface area contributed by atoms with E-state index in [4.69, 9.17) is 0 Å². The summed E-state index contributed by atoms with van der Waals surface area (Å²) in [6.07, 6.45) is 1.00. The second-order valence-corrected chi connectivity index (χ2v) is 5.72. The van der Waals surface area contributed by atoms with Gasteiger partial charge in [0.1, 0.15) is 0 Å². The molecule has 0 aliphatic rings. The lowest BCUT2D eigenvalue weighted by molar-refractivity contribution is 0.0992. The Bertz CT molecular complexity index is 619. The van der Waals surface area contributed by atoms with Crippen molar-refractivity contribution in [2.75, 3.05) is 11.9 Å². The van der Waals surface area contributed by atoms with Crippen LogP contribution < -0.4 is 4.90 Å². The third kappa shape index (κ3) is 3.10. The highest BCUT2D eigenvalue weighted by atomic mass is 79.9. The summed E-state index contributed by atoms with van der Waals surface area (Å²) in [5.74, 6) is -0.00942. The summed E-state index contributed by atoms with van der Waals surface area (Å²) >= 11 is 3.45. The van der Waals surface area contributed by atoms with Gasteiger partial charge in [-0.05, 0) is 59.1 Å². The van der Waals surface area contributed by atoms with Gasteiger partial charge in [-0.1, -0.05) is 30.7 Å². The second-order valence-electron chi connectivity index (χ2n) is 4.87. The topological polar surface area (TPSA) is 20.3 Å². The molecule has 0 saturated carbocycles. The molecule has 1 amide bonds. The summed E-state index contributed by atoms with van der Waals surface area (Å²) in [5, 5.41) is 0. The Hall–Kier alpha value is -1.61. The van der Waals surface area contributed by atoms with Crippen LogP contribution in [0.15, 0.2) is 46.9 Å². The van der Waals surface area contributed by atoms with E-state index in [9.17, 15) is 4.79 Å². The molecule has 104 valence electrons. The van der Waals surface area contributed by atoms with E-state index < -0.39 is 0 Å². The Morgan fingerprint density at radius 1 is 1.15 bits per heavy atom. The van der Waals surface area contributed by atoms with Crippen molar-refractivity contribution in [1.29, 1.82) is 0 Å². The fourth-order valence-electron chi connectivity index (χ4n) is 2.06. The van der Waals surface area contributed by atoms with Crippen LogP contribution in [0.5, 0.6) is 0 Å². The lowest BCUT2D eigenvalue weighted by atomic mass is 10.1. The van der Waals surface area contributed by atoms with E-state index in [0.717, 1.165) is 22.1 Å². The van der Waals surface area contributed by atoms with Crippen LogP contribution in [-0.2, 0) is 6.42 Å². The van der Waals surface area contributed by atoms with Crippen molar-refractivity contribution in [2.24, 2.45) is 0 Å². The number of rotatable bonds is 3. The quantitative estimate of drug-likeness (QED) is 0.805. The maximum atomic E-state index is 12.6. The van der Waals surface area contributed by atoms with Crippen molar-refractivity contribution in [3.8, 4) is 0 Å². The summed E-state index contributed by atoms with van der Waals surface area (Å²) in [7, 11) is 1.80. The van der Waals surface area contributed by atoms with Crippen molar-refractivity contribution in [2.45, 2.75) is 20.3 Å². The van der Waals surface area contributed by atoms with Crippen LogP contribution >= 0.6 is 15.9 Å². The first-order valence-electron chi connectivity index (χ1n) is 6.66. The molecule has 0 saturated heterocycles. The number of carbonyl (C=O) groups excluding carboxylic acids is 1. The van der Waals surface area contributed by atoms with Crippen molar-refractivity contribution in [3.05, 3.63) is 63.6 Å². The van der Waals surface area contributed by atoms with Gasteiger partial charge in [0.25, 0.3) is 5.91 Å². The van der Waals surface area contributed by atoms with Crippen molar-refractivity contribution >= 4 is 27.5 Å². The summed E-state index contributed by atoms with van der Waals surface area (Å²) in [6, 6.07) is 13.9. The van der Waals surface area contributed by atoms with E-state index in [-0.39, 0.29) is 5.91 Å². The monoisotopic (exact) mass is 331 g/mol. The first-order chi connectivity index (χ1) is 9.52. The summed E-state index contributed by atoms with van der Waals surface area (Å²) in [6.45, 7) is 4.10. The SMILES string of the molecule is CCc1ccc(N(C)C(=O)c2cc(C)ccc2Br)cc1. The normalized spacial score (nSPS) is 10.4. The largest absolute Gasteiger partial charge is 0.311 e. The van der Waals surface area contributed by atoms with Crippen LogP contribution in [0.2, 0.25) is 0 Å². The molecule has 0 aliphatic heterocycles. The molecule has 0 aromatic heterocycles. The molecule has 2 aromatic rings. The average Bonchev–Trinajstić information content (AvgIpc) is 2.48. The summed E-state index contributed by atoms with van der Waals surface area (Å²) < 4.78 is 0.824. The Morgan fingerprint density at radius 2 is 1.80 bits per heavy atom. The van der Waals surface area contributed by atoms with Gasteiger partial charge in [-0.15, -0.1) is 0 Å². The summed E-state index contributed by atoms with van der Waals surface area (Å²) in [4.78, 5) is 14.2. The van der Waals surface area contributed by atoms with Crippen LogP contribution in [0, 0.1) is 6.92 Å². The van der Waals surface area contributed by atoms with Gasteiger partial charge < -0.3 is 4.90 Å². The highest BCUT2D eigenvalue weighted by Crippen LogP contribution is 2.22. The molecular formula is C17H18BrNO. The molecule has 20 heavy (non-hydrogen) atoms. The molecule has 0 atom stereocenters. The van der Waals surface area contributed by atoms with Gasteiger partial charge in [0.05, 0.1) is 5.56 Å². The first kappa shape index (κ1) is 14.8. The van der Waals surface area contributed by atoms with Crippen molar-refractivity contribution in [1.82, 2.24) is 0 Å². The number of amides is 1. The number of nitrogens with zero attached hydrogens (tertiary/aromatic N) is 1. The molecule has 3 heteroatoms. The van der Waals surface area contributed by atoms with E-state index in [1.807, 2.05) is 37.3 Å². The van der Waals surface area contributed by atoms with Gasteiger partial charge in [-0.3, -0.25) is 4.79 Å². The minimum Gasteiger partial charge on any atom is -0.311 e. The first-order valence-corrected chi connectivity index (χ1v) is 7.45. The molecule has 0 heterocycles. The standard InChI is InChI=1S/C17H18BrNO/c1-4-13-6-8-14(9-7-13)19(3)17(20)15-11-12(2)5-10-16(15)18/h5-11H,4H2,1-3H3. The molecule has 0 unspecified atom stereocenters. The molecule has 2 rings (SSSR count). The van der Waals surface area contributed by atoms with Crippen molar-refractivity contribution in [3.63, 3.8) is 0 Å². The highest BCUT2D eigenvalue weighted by Gasteiger charge is 2.16. The Kier molecular flexibility index (Phi) is 4.61. The maximum Gasteiger partial charge on any atom is 0.259 e. The number of anilines is 1. The smallest absolute Gasteiger partial charge is 0.259 e. The number of benzene rings is 2. The van der Waals surface area contributed by atoms with Crippen LogP contribution in [0.3, 0.4) is 0 Å². The van der Waals surface area contributed by atoms with Crippen molar-refractivity contribution < 1.29 is 4.79 Å². The minimum absolute atomic E-state index is 0.00942. The number of hydrogen-bond acceptors (Lipinski definition) is 1. The van der Waals surface area contributed by atoms with Crippen LogP contribution in [0.25, 0.3) is 0 Å². The molecule has 0 aliphatic carbocycles. The lowest BCUT2D eigenvalue weighted by Crippen LogP contribution is -2.26. The predicted octanol–water partition coefficient (Wildman–Crippen LogP) is 4.60. The number of hydrogen-bond donors (Lipinski definition) is 0. The molecule has 0 fully saturated rings. The van der Waals surface area contributed by atoms with E-state index >= 15 is 0 Å². The maximum absolute atomic E-state index is 12.6. The lowest BCUT2D eigenvalue weighted by Gasteiger charge is -2.18.